The van der Waals surface area contributed by atoms with Crippen LogP contribution in [0.1, 0.15) is 52.2 Å². The summed E-state index contributed by atoms with van der Waals surface area (Å²) in [5.74, 6) is -6.54. The molecule has 5 aromatic rings. The fourth-order valence-electron chi connectivity index (χ4n) is 8.08. The van der Waals surface area contributed by atoms with E-state index < -0.39 is 53.5 Å². The third-order valence-electron chi connectivity index (χ3n) is 11.6. The van der Waals surface area contributed by atoms with Gasteiger partial charge >= 0.3 is 18.0 Å². The van der Waals surface area contributed by atoms with Crippen LogP contribution in [0.5, 0.6) is 11.5 Å². The van der Waals surface area contributed by atoms with Gasteiger partial charge in [0.25, 0.3) is 0 Å². The summed E-state index contributed by atoms with van der Waals surface area (Å²) in [7, 11) is 1.64. The quantitative estimate of drug-likeness (QED) is 0.0140. The number of aliphatic carboxylic acids is 2. The minimum Gasteiger partial charge on any atom is -1.00 e. The zero-order valence-electron chi connectivity index (χ0n) is 39.5. The van der Waals surface area contributed by atoms with Crippen LogP contribution in [0.2, 0.25) is 0 Å². The number of carboxylic acid groups (broad SMARTS) is 2. The molecular weight excluding hydrogens is 1010 g/mol. The van der Waals surface area contributed by atoms with E-state index in [0.29, 0.717) is 53.1 Å². The molecule has 3 aliphatic rings. The SMILES string of the molecule is COc1ccc(C[C@@H](C)NC[C@H](O)c2ccc(O)c(NC=O)c2)cc1.O.O.O=C(C[N+]12CCC(CC1)[C@@H](OC(=O)N(Cc1cc(F)c(F)c(F)c1)c1cccc(F)c1)C2)c1cccs1.O=C(O)/C=C/C(=O)O.[Cl-]. The van der Waals surface area contributed by atoms with Crippen LogP contribution in [0.4, 0.5) is 33.7 Å². The van der Waals surface area contributed by atoms with Crippen LogP contribution < -0.4 is 32.7 Å². The number of rotatable bonds is 18. The minimum absolute atomic E-state index is 0. The normalized spacial score (nSPS) is 17.0. The highest BCUT2D eigenvalue weighted by Crippen LogP contribution is 2.37. The number of hydrogen-bond donors (Lipinski definition) is 6. The maximum absolute atomic E-state index is 14.0. The number of methoxy groups -OCH3 is 1. The predicted molar refractivity (Wildman–Crippen MR) is 259 cm³/mol. The first-order chi connectivity index (χ1) is 33.4. The third-order valence-corrected chi connectivity index (χ3v) is 12.6. The van der Waals surface area contributed by atoms with Crippen molar-refractivity contribution in [2.45, 2.75) is 51.0 Å². The highest BCUT2D eigenvalue weighted by atomic mass is 35.5. The zero-order chi connectivity index (χ0) is 51.0. The third kappa shape index (κ3) is 18.6. The molecule has 0 unspecified atom stereocenters. The number of anilines is 2. The second-order valence-corrected chi connectivity index (χ2v) is 17.6. The highest BCUT2D eigenvalue weighted by Gasteiger charge is 2.49. The Labute approximate surface area is 427 Å². The van der Waals surface area contributed by atoms with Crippen molar-refractivity contribution in [3.05, 3.63) is 153 Å². The molecule has 2 bridgehead atoms. The predicted octanol–water partition coefficient (Wildman–Crippen LogP) is 3.23. The van der Waals surface area contributed by atoms with E-state index in [1.165, 1.54) is 41.2 Å². The van der Waals surface area contributed by atoms with E-state index >= 15 is 0 Å². The van der Waals surface area contributed by atoms with Crippen molar-refractivity contribution in [1.82, 2.24) is 5.32 Å². The molecule has 23 heteroatoms. The van der Waals surface area contributed by atoms with Gasteiger partial charge in [-0.15, -0.1) is 11.3 Å². The first kappa shape index (κ1) is 62.2. The van der Waals surface area contributed by atoms with E-state index in [-0.39, 0.29) is 70.3 Å². The number of piperidine rings is 3. The topological polar surface area (TPSA) is 275 Å². The largest absolute Gasteiger partial charge is 1.00 e. The van der Waals surface area contributed by atoms with Crippen molar-refractivity contribution >= 4 is 52.9 Å². The van der Waals surface area contributed by atoms with Gasteiger partial charge in [0.15, 0.2) is 23.6 Å². The van der Waals surface area contributed by atoms with Gasteiger partial charge in [-0.1, -0.05) is 30.3 Å². The van der Waals surface area contributed by atoms with Gasteiger partial charge in [-0.05, 0) is 96.1 Å². The molecule has 2 amide bonds. The van der Waals surface area contributed by atoms with Crippen molar-refractivity contribution in [3.8, 4) is 11.5 Å². The van der Waals surface area contributed by atoms with E-state index in [2.05, 4.69) is 10.6 Å². The van der Waals surface area contributed by atoms with E-state index in [1.54, 1.807) is 25.3 Å². The summed E-state index contributed by atoms with van der Waals surface area (Å²) in [6.45, 7) is 4.49. The molecule has 3 aliphatic heterocycles. The minimum atomic E-state index is -1.61. The van der Waals surface area contributed by atoms with Gasteiger partial charge in [-0.2, -0.15) is 0 Å². The zero-order valence-corrected chi connectivity index (χ0v) is 41.1. The number of nitrogens with zero attached hydrogens (tertiary/aromatic N) is 2. The molecule has 0 spiro atoms. The molecule has 396 valence electrons. The number of quaternary nitrogens is 1. The first-order valence-electron chi connectivity index (χ1n) is 21.9. The van der Waals surface area contributed by atoms with Gasteiger partial charge in [-0.3, -0.25) is 14.5 Å². The van der Waals surface area contributed by atoms with Crippen LogP contribution in [0.3, 0.4) is 0 Å². The molecule has 17 nitrogen and oxygen atoms in total. The van der Waals surface area contributed by atoms with Crippen LogP contribution in [0.25, 0.3) is 0 Å². The fraction of sp³-hybridized carbons (Fsp3) is 0.300. The molecule has 0 aliphatic carbocycles. The number of ether oxygens (including phenoxy) is 2. The molecular formula is C50H57ClF4N4O13S. The van der Waals surface area contributed by atoms with Gasteiger partial charge in [0.2, 0.25) is 12.2 Å². The van der Waals surface area contributed by atoms with Crippen molar-refractivity contribution in [3.63, 3.8) is 0 Å². The van der Waals surface area contributed by atoms with E-state index in [4.69, 9.17) is 19.7 Å². The number of thiophene rings is 1. The number of Topliss-reactive ketones (excluding diaryl/α,β-unsaturated/α-hetero) is 1. The molecule has 4 aromatic carbocycles. The van der Waals surface area contributed by atoms with Crippen molar-refractivity contribution in [2.24, 2.45) is 5.92 Å². The van der Waals surface area contributed by atoms with E-state index in [0.717, 1.165) is 61.2 Å². The molecule has 4 heterocycles. The number of carbonyl (C=O) groups is 5. The number of carboxylic acids is 2. The summed E-state index contributed by atoms with van der Waals surface area (Å²) >= 11 is 1.40. The fourth-order valence-corrected chi connectivity index (χ4v) is 8.73. The number of ketones is 1. The van der Waals surface area contributed by atoms with Crippen LogP contribution >= 0.6 is 11.3 Å². The molecule has 8 rings (SSSR count). The number of phenolic OH excluding ortho intramolecular Hbond substituents is 1. The average Bonchev–Trinajstić information content (AvgIpc) is 3.89. The number of carbonyl (C=O) groups excluding carboxylic acids is 3. The summed E-state index contributed by atoms with van der Waals surface area (Å²) in [5.41, 5.74) is 2.19. The van der Waals surface area contributed by atoms with Crippen LogP contribution in [0, 0.1) is 29.2 Å². The Hall–Kier alpha value is -6.92. The summed E-state index contributed by atoms with van der Waals surface area (Å²) in [6, 6.07) is 23.1. The van der Waals surface area contributed by atoms with Crippen molar-refractivity contribution in [2.75, 3.05) is 50.1 Å². The lowest BCUT2D eigenvalue weighted by Gasteiger charge is -2.51. The monoisotopic (exact) mass is 1060 g/mol. The number of hydrogen-bond acceptors (Lipinski definition) is 11. The number of aromatic hydroxyl groups is 1. The van der Waals surface area contributed by atoms with Gasteiger partial charge in [-0.25, -0.2) is 31.9 Å². The van der Waals surface area contributed by atoms with Crippen LogP contribution in [0.15, 0.2) is 109 Å². The van der Waals surface area contributed by atoms with Crippen LogP contribution in [-0.2, 0) is 32.1 Å². The number of halogens is 5. The van der Waals surface area contributed by atoms with Gasteiger partial charge in [0.05, 0.1) is 49.1 Å². The summed E-state index contributed by atoms with van der Waals surface area (Å²) in [6.07, 6.45) is 2.00. The maximum Gasteiger partial charge on any atom is 0.415 e. The number of fused-ring (bicyclic) bond motifs is 3. The Balaban J connectivity index is 0.000000441. The second-order valence-electron chi connectivity index (χ2n) is 16.7. The first-order valence-corrected chi connectivity index (χ1v) is 22.8. The smallest absolute Gasteiger partial charge is 0.415 e. The second kappa shape index (κ2) is 29.6. The van der Waals surface area contributed by atoms with E-state index in [9.17, 15) is 51.7 Å². The Kier molecular flexibility index (Phi) is 25.2. The van der Waals surface area contributed by atoms with E-state index in [1.807, 2.05) is 42.6 Å². The van der Waals surface area contributed by atoms with Crippen LogP contribution in [-0.4, -0.2) is 118 Å². The van der Waals surface area contributed by atoms with Gasteiger partial charge < -0.3 is 68.4 Å². The van der Waals surface area contributed by atoms with Crippen molar-refractivity contribution in [1.29, 1.82) is 0 Å². The molecule has 1 aromatic heterocycles. The van der Waals surface area contributed by atoms with Crippen molar-refractivity contribution < 1.29 is 99.3 Å². The Morgan fingerprint density at radius 2 is 1.52 bits per heavy atom. The Morgan fingerprint density at radius 3 is 2.08 bits per heavy atom. The molecule has 3 saturated heterocycles. The molecule has 10 N–H and O–H groups in total. The lowest BCUT2D eigenvalue weighted by Crippen LogP contribution is -3.00. The lowest BCUT2D eigenvalue weighted by atomic mass is 9.83. The summed E-state index contributed by atoms with van der Waals surface area (Å²) < 4.78 is 66.7. The Morgan fingerprint density at radius 1 is 0.877 bits per heavy atom. The maximum atomic E-state index is 14.0. The molecule has 73 heavy (non-hydrogen) atoms. The molecule has 0 saturated carbocycles. The number of phenols is 1. The number of aliphatic hydroxyl groups is 1. The standard InChI is InChI=1S/C27H25F4N2O3S.C19H24N2O4.C4H4O4.ClH.2H2O/c28-19-3-1-4-20(13-19)32(14-17-11-21(29)26(31)22(30)12-17)27(35)36-24-16-33(8-6-18(24)7-9-33)15-23(34)25-5-2-10-37-25;1-13(9-14-3-6-16(25-2)7-4-14)20-11-19(24)15-5-8-18(23)17(10-15)21-12-22;5-3(6)1-2-4(7)8;;;/h1-5,10-13,18,24H,6-9,14-16H2;3-8,10,12-13,19-20,23-24H,9,11H2,1-2H3,(H,21,22);1-2H,(H,5,6)(H,7,8);1H;2*1H2/q+1;;;;;/p-1/b;;2-1+;;;/t18?,24-,33?;13-,19+;;;;/m01..../s1. The molecule has 0 radical (unpaired) electrons. The number of benzene rings is 4. The average molecular weight is 1070 g/mol. The lowest BCUT2D eigenvalue weighted by molar-refractivity contribution is -0.938. The number of amides is 2. The van der Waals surface area contributed by atoms with Gasteiger partial charge in [0, 0.05) is 43.5 Å². The molecule has 3 fully saturated rings. The Bertz CT molecular complexity index is 2590. The molecule has 3 atom stereocenters. The number of aliphatic hydroxyl groups excluding tert-OH is 1. The summed E-state index contributed by atoms with van der Waals surface area (Å²) in [4.78, 5) is 57.7. The number of nitrogens with one attached hydrogen (secondary N) is 2. The summed E-state index contributed by atoms with van der Waals surface area (Å²) in [5, 5.41) is 43.1. The van der Waals surface area contributed by atoms with Gasteiger partial charge in [0.1, 0.15) is 30.4 Å². The highest BCUT2D eigenvalue weighted by molar-refractivity contribution is 7.12.